The Labute approximate surface area is 165 Å². The lowest BCUT2D eigenvalue weighted by Gasteiger charge is -2.33. The lowest BCUT2D eigenvalue weighted by atomic mass is 10.1. The van der Waals surface area contributed by atoms with Crippen molar-refractivity contribution < 1.29 is 35.9 Å². The van der Waals surface area contributed by atoms with Crippen molar-refractivity contribution in [3.05, 3.63) is 48.0 Å². The number of carbonyl (C=O) groups is 1. The number of amides is 1. The van der Waals surface area contributed by atoms with Crippen LogP contribution in [0.1, 0.15) is 19.4 Å². The van der Waals surface area contributed by atoms with E-state index in [1.165, 1.54) is 42.2 Å². The highest BCUT2D eigenvalue weighted by molar-refractivity contribution is 7.91. The fourth-order valence-electron chi connectivity index (χ4n) is 2.89. The summed E-state index contributed by atoms with van der Waals surface area (Å²) in [5.74, 6) is -0.513. The molecule has 1 aliphatic rings. The van der Waals surface area contributed by atoms with Gasteiger partial charge in [0.15, 0.2) is 15.9 Å². The molecule has 2 aromatic carbocycles. The minimum atomic E-state index is -4.79. The van der Waals surface area contributed by atoms with E-state index in [4.69, 9.17) is 4.74 Å². The Morgan fingerprint density at radius 3 is 2.38 bits per heavy atom. The van der Waals surface area contributed by atoms with Crippen molar-refractivity contribution in [3.63, 3.8) is 0 Å². The van der Waals surface area contributed by atoms with Gasteiger partial charge in [-0.25, -0.2) is 8.42 Å². The molecule has 0 saturated heterocycles. The van der Waals surface area contributed by atoms with Crippen LogP contribution in [0, 0.1) is 0 Å². The molecule has 1 unspecified atom stereocenters. The summed E-state index contributed by atoms with van der Waals surface area (Å²) in [6.45, 7) is 3.11. The van der Waals surface area contributed by atoms with Crippen LogP contribution < -0.4 is 14.4 Å². The van der Waals surface area contributed by atoms with Crippen molar-refractivity contribution >= 4 is 21.4 Å². The molecule has 1 amide bonds. The molecule has 0 spiro atoms. The van der Waals surface area contributed by atoms with Crippen LogP contribution in [0.4, 0.5) is 18.9 Å². The van der Waals surface area contributed by atoms with Gasteiger partial charge in [-0.3, -0.25) is 4.79 Å². The van der Waals surface area contributed by atoms with Gasteiger partial charge in [0, 0.05) is 0 Å². The van der Waals surface area contributed by atoms with E-state index >= 15 is 0 Å². The first-order valence-electron chi connectivity index (χ1n) is 8.69. The maximum atomic E-state index is 12.7. The van der Waals surface area contributed by atoms with Gasteiger partial charge in [-0.15, -0.1) is 13.2 Å². The predicted octanol–water partition coefficient (Wildman–Crippen LogP) is 3.69. The summed E-state index contributed by atoms with van der Waals surface area (Å²) in [6, 6.07) is 9.39. The van der Waals surface area contributed by atoms with Gasteiger partial charge < -0.3 is 14.4 Å². The van der Waals surface area contributed by atoms with E-state index in [9.17, 15) is 26.4 Å². The summed E-state index contributed by atoms with van der Waals surface area (Å²) in [5.41, 5.74) is 0.829. The topological polar surface area (TPSA) is 72.9 Å². The number of hydrogen-bond donors (Lipinski definition) is 0. The van der Waals surface area contributed by atoms with E-state index in [0.717, 1.165) is 12.1 Å². The summed E-state index contributed by atoms with van der Waals surface area (Å²) < 4.78 is 70.7. The molecule has 10 heteroatoms. The Balaban J connectivity index is 1.93. The zero-order chi connectivity index (χ0) is 21.4. The number of ether oxygens (including phenoxy) is 2. The van der Waals surface area contributed by atoms with Crippen LogP contribution in [-0.4, -0.2) is 32.5 Å². The third kappa shape index (κ3) is 4.64. The molecule has 0 fully saturated rings. The van der Waals surface area contributed by atoms with Gasteiger partial charge in [0.25, 0.3) is 5.91 Å². The fraction of sp³-hybridized carbons (Fsp3) is 0.316. The average molecular weight is 429 g/mol. The van der Waals surface area contributed by atoms with E-state index in [0.29, 0.717) is 17.0 Å². The number of carbonyl (C=O) groups excluding carboxylic acids is 1. The van der Waals surface area contributed by atoms with E-state index in [-0.39, 0.29) is 28.8 Å². The Kier molecular flexibility index (Phi) is 5.48. The highest BCUT2D eigenvalue weighted by Gasteiger charge is 2.33. The monoisotopic (exact) mass is 429 g/mol. The molecule has 0 saturated carbocycles. The van der Waals surface area contributed by atoms with Crippen LogP contribution in [-0.2, 0) is 21.2 Å². The van der Waals surface area contributed by atoms with Gasteiger partial charge in [-0.1, -0.05) is 19.1 Å². The number of nitrogens with zero attached hydrogens (tertiary/aromatic N) is 1. The number of alkyl halides is 3. The van der Waals surface area contributed by atoms with E-state index < -0.39 is 22.3 Å². The highest BCUT2D eigenvalue weighted by Crippen LogP contribution is 2.37. The largest absolute Gasteiger partial charge is 0.573 e. The summed E-state index contributed by atoms with van der Waals surface area (Å²) in [4.78, 5) is 14.1. The standard InChI is InChI=1S/C19H18F3NO5S/c1-3-29(25,26)15-8-9-17-16(10-15)23(18(24)12(2)27-17)11-13-4-6-14(7-5-13)28-19(20,21)22/h4-10,12H,3,11H2,1-2H3. The minimum absolute atomic E-state index is 0.0292. The van der Waals surface area contributed by atoms with Gasteiger partial charge in [0.2, 0.25) is 0 Å². The molecule has 29 heavy (non-hydrogen) atoms. The summed E-state index contributed by atoms with van der Waals surface area (Å²) in [6.07, 6.45) is -5.58. The lowest BCUT2D eigenvalue weighted by molar-refractivity contribution is -0.274. The normalized spacial score (nSPS) is 16.9. The highest BCUT2D eigenvalue weighted by atomic mass is 32.2. The predicted molar refractivity (Wildman–Crippen MR) is 98.6 cm³/mol. The average Bonchev–Trinajstić information content (AvgIpc) is 2.65. The number of fused-ring (bicyclic) bond motifs is 1. The Hall–Kier alpha value is -2.75. The third-order valence-corrected chi connectivity index (χ3v) is 6.11. The van der Waals surface area contributed by atoms with E-state index in [2.05, 4.69) is 4.74 Å². The molecule has 1 aliphatic heterocycles. The van der Waals surface area contributed by atoms with Crippen LogP contribution in [0.3, 0.4) is 0 Å². The Bertz CT molecular complexity index is 1020. The SMILES string of the molecule is CCS(=O)(=O)c1ccc2c(c1)N(Cc1ccc(OC(F)(F)F)cc1)C(=O)C(C)O2. The molecule has 0 aromatic heterocycles. The van der Waals surface area contributed by atoms with Crippen LogP contribution in [0.5, 0.6) is 11.5 Å². The van der Waals surface area contributed by atoms with Crippen molar-refractivity contribution in [3.8, 4) is 11.5 Å². The maximum Gasteiger partial charge on any atom is 0.573 e. The van der Waals surface area contributed by atoms with Gasteiger partial charge in [-0.2, -0.15) is 0 Å². The fourth-order valence-corrected chi connectivity index (χ4v) is 3.79. The quantitative estimate of drug-likeness (QED) is 0.725. The molecule has 1 heterocycles. The van der Waals surface area contributed by atoms with E-state index in [1.807, 2.05) is 0 Å². The molecular weight excluding hydrogens is 411 g/mol. The smallest absolute Gasteiger partial charge is 0.479 e. The van der Waals surface area contributed by atoms with Gasteiger partial charge >= 0.3 is 6.36 Å². The molecule has 1 atom stereocenters. The van der Waals surface area contributed by atoms with Crippen molar-refractivity contribution in [2.45, 2.75) is 37.8 Å². The summed E-state index contributed by atoms with van der Waals surface area (Å²) in [5, 5.41) is 0. The molecule has 3 rings (SSSR count). The molecule has 0 aliphatic carbocycles. The van der Waals surface area contributed by atoms with Crippen molar-refractivity contribution in [1.29, 1.82) is 0 Å². The first-order valence-corrected chi connectivity index (χ1v) is 10.3. The number of halogens is 3. The van der Waals surface area contributed by atoms with Gasteiger partial charge in [-0.05, 0) is 42.8 Å². The molecule has 0 N–H and O–H groups in total. The second-order valence-electron chi connectivity index (χ2n) is 6.41. The first kappa shape index (κ1) is 21.0. The van der Waals surface area contributed by atoms with E-state index in [1.54, 1.807) is 6.92 Å². The van der Waals surface area contributed by atoms with Crippen LogP contribution >= 0.6 is 0 Å². The lowest BCUT2D eigenvalue weighted by Crippen LogP contribution is -2.44. The van der Waals surface area contributed by atoms with Crippen LogP contribution in [0.2, 0.25) is 0 Å². The number of hydrogen-bond acceptors (Lipinski definition) is 5. The molecule has 156 valence electrons. The first-order chi connectivity index (χ1) is 13.5. The summed E-state index contributed by atoms with van der Waals surface area (Å²) in [7, 11) is -3.50. The Morgan fingerprint density at radius 1 is 1.14 bits per heavy atom. The Morgan fingerprint density at radius 2 is 1.79 bits per heavy atom. The second-order valence-corrected chi connectivity index (χ2v) is 8.69. The number of sulfone groups is 1. The van der Waals surface area contributed by atoms with Crippen molar-refractivity contribution in [2.75, 3.05) is 10.7 Å². The zero-order valence-electron chi connectivity index (χ0n) is 15.6. The molecule has 0 radical (unpaired) electrons. The third-order valence-electron chi connectivity index (χ3n) is 4.38. The molecule has 6 nitrogen and oxygen atoms in total. The molecule has 2 aromatic rings. The van der Waals surface area contributed by atoms with Crippen LogP contribution in [0.25, 0.3) is 0 Å². The second kappa shape index (κ2) is 7.58. The molecular formula is C19H18F3NO5S. The van der Waals surface area contributed by atoms with Gasteiger partial charge in [0.1, 0.15) is 11.5 Å². The van der Waals surface area contributed by atoms with Crippen molar-refractivity contribution in [1.82, 2.24) is 0 Å². The number of rotatable bonds is 5. The zero-order valence-corrected chi connectivity index (χ0v) is 16.4. The minimum Gasteiger partial charge on any atom is -0.479 e. The number of benzene rings is 2. The maximum absolute atomic E-state index is 12.7. The van der Waals surface area contributed by atoms with Gasteiger partial charge in [0.05, 0.1) is 22.9 Å². The number of anilines is 1. The van der Waals surface area contributed by atoms with Crippen molar-refractivity contribution in [2.24, 2.45) is 0 Å². The molecule has 0 bridgehead atoms. The summed E-state index contributed by atoms with van der Waals surface area (Å²) >= 11 is 0. The van der Waals surface area contributed by atoms with Crippen LogP contribution in [0.15, 0.2) is 47.4 Å².